The van der Waals surface area contributed by atoms with E-state index in [1.807, 2.05) is 53.4 Å². The van der Waals surface area contributed by atoms with Crippen molar-refractivity contribution in [3.05, 3.63) is 76.9 Å². The van der Waals surface area contributed by atoms with E-state index < -0.39 is 0 Å². The second-order valence-corrected chi connectivity index (χ2v) is 6.75. The van der Waals surface area contributed by atoms with Crippen molar-refractivity contribution in [3.8, 4) is 11.3 Å². The van der Waals surface area contributed by atoms with Crippen molar-refractivity contribution in [2.45, 2.75) is 12.3 Å². The Morgan fingerprint density at radius 3 is 2.80 bits per heavy atom. The third-order valence-electron chi connectivity index (χ3n) is 4.73. The van der Waals surface area contributed by atoms with Gasteiger partial charge in [0.15, 0.2) is 0 Å². The number of amides is 1. The van der Waals surface area contributed by atoms with Crippen LogP contribution in [0.1, 0.15) is 28.3 Å². The van der Waals surface area contributed by atoms with Gasteiger partial charge in [0.05, 0.1) is 17.5 Å². The Morgan fingerprint density at radius 1 is 1.16 bits per heavy atom. The van der Waals surface area contributed by atoms with Crippen LogP contribution >= 0.6 is 11.6 Å². The summed E-state index contributed by atoms with van der Waals surface area (Å²) in [7, 11) is 0. The molecule has 1 atom stereocenters. The second-order valence-electron chi connectivity index (χ2n) is 6.32. The van der Waals surface area contributed by atoms with Gasteiger partial charge in [-0.1, -0.05) is 54.1 Å². The monoisotopic (exact) mass is 351 g/mol. The molecule has 0 spiro atoms. The molecule has 126 valence electrons. The molecule has 1 amide bonds. The summed E-state index contributed by atoms with van der Waals surface area (Å²) in [5, 5.41) is 7.79. The molecular weight excluding hydrogens is 334 g/mol. The van der Waals surface area contributed by atoms with E-state index in [0.29, 0.717) is 18.0 Å². The zero-order valence-corrected chi connectivity index (χ0v) is 14.4. The predicted octanol–water partition coefficient (Wildman–Crippen LogP) is 4.36. The predicted molar refractivity (Wildman–Crippen MR) is 98.7 cm³/mol. The van der Waals surface area contributed by atoms with Crippen LogP contribution in [0.25, 0.3) is 11.3 Å². The molecule has 3 aromatic rings. The average molecular weight is 352 g/mol. The standard InChI is InChI=1S/C20H18ClN3O/c21-17-8-4-7-15(11-17)16-9-10-24(13-16)20(25)18-12-22-23-19(18)14-5-2-1-3-6-14/h1-8,11-12,16H,9-10,13H2,(H,22,23)/t16-/m0/s1. The first-order valence-electron chi connectivity index (χ1n) is 8.36. The van der Waals surface area contributed by atoms with Gasteiger partial charge in [-0.2, -0.15) is 5.10 Å². The number of halogens is 1. The van der Waals surface area contributed by atoms with Crippen LogP contribution in [0.4, 0.5) is 0 Å². The molecule has 1 saturated heterocycles. The van der Waals surface area contributed by atoms with Crippen molar-refractivity contribution in [1.29, 1.82) is 0 Å². The maximum Gasteiger partial charge on any atom is 0.257 e. The highest BCUT2D eigenvalue weighted by atomic mass is 35.5. The summed E-state index contributed by atoms with van der Waals surface area (Å²) in [6.07, 6.45) is 2.57. The molecule has 1 fully saturated rings. The summed E-state index contributed by atoms with van der Waals surface area (Å²) in [4.78, 5) is 14.9. The summed E-state index contributed by atoms with van der Waals surface area (Å²) in [6, 6.07) is 17.7. The van der Waals surface area contributed by atoms with Gasteiger partial charge in [-0.25, -0.2) is 0 Å². The maximum absolute atomic E-state index is 13.0. The topological polar surface area (TPSA) is 49.0 Å². The molecule has 1 aromatic heterocycles. The number of nitrogens with one attached hydrogen (secondary N) is 1. The highest BCUT2D eigenvalue weighted by Crippen LogP contribution is 2.31. The molecule has 0 aliphatic carbocycles. The van der Waals surface area contributed by atoms with Gasteiger partial charge in [-0.05, 0) is 24.1 Å². The molecule has 25 heavy (non-hydrogen) atoms. The first-order valence-corrected chi connectivity index (χ1v) is 8.73. The first kappa shape index (κ1) is 15.9. The number of hydrogen-bond acceptors (Lipinski definition) is 2. The number of likely N-dealkylation sites (tertiary alicyclic amines) is 1. The van der Waals surface area contributed by atoms with Crippen LogP contribution in [0.5, 0.6) is 0 Å². The molecule has 1 aliphatic heterocycles. The third-order valence-corrected chi connectivity index (χ3v) is 4.96. The summed E-state index contributed by atoms with van der Waals surface area (Å²) < 4.78 is 0. The molecule has 4 nitrogen and oxygen atoms in total. The molecule has 4 rings (SSSR count). The fraction of sp³-hybridized carbons (Fsp3) is 0.200. The number of benzene rings is 2. The van der Waals surface area contributed by atoms with E-state index >= 15 is 0 Å². The van der Waals surface area contributed by atoms with Gasteiger partial charge in [-0.3, -0.25) is 9.89 Å². The van der Waals surface area contributed by atoms with E-state index in [0.717, 1.165) is 29.2 Å². The van der Waals surface area contributed by atoms with Crippen LogP contribution < -0.4 is 0 Å². The van der Waals surface area contributed by atoms with E-state index in [-0.39, 0.29) is 5.91 Å². The zero-order valence-electron chi connectivity index (χ0n) is 13.7. The van der Waals surface area contributed by atoms with E-state index in [4.69, 9.17) is 11.6 Å². The van der Waals surface area contributed by atoms with Crippen molar-refractivity contribution in [3.63, 3.8) is 0 Å². The molecular formula is C20H18ClN3O. The van der Waals surface area contributed by atoms with Crippen LogP contribution in [0.3, 0.4) is 0 Å². The van der Waals surface area contributed by atoms with Crippen LogP contribution in [-0.4, -0.2) is 34.1 Å². The minimum Gasteiger partial charge on any atom is -0.338 e. The van der Waals surface area contributed by atoms with Gasteiger partial charge in [-0.15, -0.1) is 0 Å². The first-order chi connectivity index (χ1) is 12.2. The smallest absolute Gasteiger partial charge is 0.257 e. The zero-order chi connectivity index (χ0) is 17.2. The number of H-pyrrole nitrogens is 1. The van der Waals surface area contributed by atoms with Gasteiger partial charge >= 0.3 is 0 Å². The SMILES string of the molecule is O=C(c1cn[nH]c1-c1ccccc1)N1CC[C@H](c2cccc(Cl)c2)C1. The Morgan fingerprint density at radius 2 is 2.00 bits per heavy atom. The summed E-state index contributed by atoms with van der Waals surface area (Å²) >= 11 is 6.10. The van der Waals surface area contributed by atoms with Gasteiger partial charge in [0.2, 0.25) is 0 Å². The lowest BCUT2D eigenvalue weighted by Crippen LogP contribution is -2.28. The molecule has 0 unspecified atom stereocenters. The molecule has 0 radical (unpaired) electrons. The summed E-state index contributed by atoms with van der Waals surface area (Å²) in [6.45, 7) is 1.45. The molecule has 5 heteroatoms. The minimum atomic E-state index is 0.0251. The Balaban J connectivity index is 1.54. The average Bonchev–Trinajstić information content (AvgIpc) is 3.32. The van der Waals surface area contributed by atoms with E-state index in [2.05, 4.69) is 16.3 Å². The Kier molecular flexibility index (Phi) is 4.28. The molecule has 0 bridgehead atoms. The van der Waals surface area contributed by atoms with Crippen molar-refractivity contribution in [1.82, 2.24) is 15.1 Å². The molecule has 0 saturated carbocycles. The number of carbonyl (C=O) groups is 1. The largest absolute Gasteiger partial charge is 0.338 e. The molecule has 2 aromatic carbocycles. The van der Waals surface area contributed by atoms with E-state index in [9.17, 15) is 4.79 Å². The Hall–Kier alpha value is -2.59. The number of nitrogens with zero attached hydrogens (tertiary/aromatic N) is 2. The highest BCUT2D eigenvalue weighted by Gasteiger charge is 2.30. The highest BCUT2D eigenvalue weighted by molar-refractivity contribution is 6.30. The maximum atomic E-state index is 13.0. The van der Waals surface area contributed by atoms with Gasteiger partial charge in [0.25, 0.3) is 5.91 Å². The number of aromatic nitrogens is 2. The fourth-order valence-corrected chi connectivity index (χ4v) is 3.62. The Labute approximate surface area is 151 Å². The van der Waals surface area contributed by atoms with E-state index in [1.54, 1.807) is 6.20 Å². The third kappa shape index (κ3) is 3.17. The van der Waals surface area contributed by atoms with Crippen LogP contribution in [0.15, 0.2) is 60.8 Å². The van der Waals surface area contributed by atoms with Crippen molar-refractivity contribution in [2.24, 2.45) is 0 Å². The lowest BCUT2D eigenvalue weighted by Gasteiger charge is -2.17. The molecule has 1 aliphatic rings. The van der Waals surface area contributed by atoms with Crippen molar-refractivity contribution in [2.75, 3.05) is 13.1 Å². The van der Waals surface area contributed by atoms with Gasteiger partial charge in [0, 0.05) is 29.6 Å². The van der Waals surface area contributed by atoms with Crippen LogP contribution in [0.2, 0.25) is 5.02 Å². The van der Waals surface area contributed by atoms with Crippen LogP contribution in [-0.2, 0) is 0 Å². The molecule has 2 heterocycles. The number of rotatable bonds is 3. The molecule has 1 N–H and O–H groups in total. The van der Waals surface area contributed by atoms with Crippen LogP contribution in [0, 0.1) is 0 Å². The Bertz CT molecular complexity index is 891. The number of carbonyl (C=O) groups excluding carboxylic acids is 1. The van der Waals surface area contributed by atoms with Gasteiger partial charge < -0.3 is 4.90 Å². The minimum absolute atomic E-state index is 0.0251. The fourth-order valence-electron chi connectivity index (χ4n) is 3.42. The summed E-state index contributed by atoms with van der Waals surface area (Å²) in [5.41, 5.74) is 3.56. The number of aromatic amines is 1. The second kappa shape index (κ2) is 6.73. The number of hydrogen-bond donors (Lipinski definition) is 1. The normalized spacial score (nSPS) is 17.0. The quantitative estimate of drug-likeness (QED) is 0.762. The van der Waals surface area contributed by atoms with E-state index in [1.165, 1.54) is 5.56 Å². The summed E-state index contributed by atoms with van der Waals surface area (Å²) in [5.74, 6) is 0.354. The lowest BCUT2D eigenvalue weighted by atomic mass is 9.99. The van der Waals surface area contributed by atoms with Crippen molar-refractivity contribution >= 4 is 17.5 Å². The van der Waals surface area contributed by atoms with Crippen molar-refractivity contribution < 1.29 is 4.79 Å². The van der Waals surface area contributed by atoms with Gasteiger partial charge in [0.1, 0.15) is 0 Å². The lowest BCUT2D eigenvalue weighted by molar-refractivity contribution is 0.0791.